The van der Waals surface area contributed by atoms with Gasteiger partial charge >= 0.3 is 5.97 Å². The van der Waals surface area contributed by atoms with Crippen LogP contribution in [0.15, 0.2) is 36.8 Å². The second kappa shape index (κ2) is 8.30. The third-order valence-electron chi connectivity index (χ3n) is 5.72. The number of esters is 1. The number of nitrogens with one attached hydrogen (secondary N) is 1. The molecular weight excluding hydrogens is 394 g/mol. The molecule has 0 aliphatic carbocycles. The lowest BCUT2D eigenvalue weighted by Crippen LogP contribution is -2.32. The number of hydrogen-bond donors (Lipinski definition) is 2. The van der Waals surface area contributed by atoms with Gasteiger partial charge in [-0.2, -0.15) is 10.4 Å². The summed E-state index contributed by atoms with van der Waals surface area (Å²) in [5, 5.41) is 27.6. The fourth-order valence-electron chi connectivity index (χ4n) is 3.71. The van der Waals surface area contributed by atoms with E-state index in [9.17, 15) is 9.90 Å². The van der Waals surface area contributed by atoms with E-state index in [2.05, 4.69) is 21.5 Å². The molecule has 0 spiro atoms. The van der Waals surface area contributed by atoms with Gasteiger partial charge in [0.25, 0.3) is 0 Å². The monoisotopic (exact) mass is 417 g/mol. The van der Waals surface area contributed by atoms with Crippen LogP contribution in [-0.2, 0) is 17.9 Å². The third kappa shape index (κ3) is 3.93. The molecule has 0 saturated carbocycles. The van der Waals surface area contributed by atoms with Crippen LogP contribution in [0.3, 0.4) is 0 Å². The number of cyclic esters (lactones) is 1. The molecule has 3 aromatic rings. The summed E-state index contributed by atoms with van der Waals surface area (Å²) in [6.07, 6.45) is 4.41. The number of aromatic nitrogens is 3. The SMILES string of the molecule is Cc1cc(-n2cc(CNC(C)C(O)c3ccc4c(c3C)COC4=O)cn2)ncc1C#N. The van der Waals surface area contributed by atoms with Gasteiger partial charge in [-0.25, -0.2) is 14.5 Å². The van der Waals surface area contributed by atoms with E-state index in [0.29, 0.717) is 23.5 Å². The maximum absolute atomic E-state index is 11.7. The lowest BCUT2D eigenvalue weighted by molar-refractivity contribution is 0.0535. The lowest BCUT2D eigenvalue weighted by atomic mass is 9.93. The number of hydrogen-bond acceptors (Lipinski definition) is 7. The Morgan fingerprint density at radius 3 is 2.90 bits per heavy atom. The number of aliphatic hydroxyl groups is 1. The number of nitriles is 1. The largest absolute Gasteiger partial charge is 0.457 e. The maximum atomic E-state index is 11.7. The number of rotatable bonds is 6. The Morgan fingerprint density at radius 1 is 1.35 bits per heavy atom. The summed E-state index contributed by atoms with van der Waals surface area (Å²) < 4.78 is 6.76. The first-order chi connectivity index (χ1) is 14.9. The fourth-order valence-corrected chi connectivity index (χ4v) is 3.71. The summed E-state index contributed by atoms with van der Waals surface area (Å²) in [6.45, 7) is 6.45. The quantitative estimate of drug-likeness (QED) is 0.593. The number of pyridine rings is 1. The van der Waals surface area contributed by atoms with E-state index < -0.39 is 6.10 Å². The van der Waals surface area contributed by atoms with E-state index in [0.717, 1.165) is 27.8 Å². The van der Waals surface area contributed by atoms with Gasteiger partial charge in [-0.15, -0.1) is 0 Å². The third-order valence-corrected chi connectivity index (χ3v) is 5.72. The van der Waals surface area contributed by atoms with E-state index in [1.807, 2.05) is 33.0 Å². The van der Waals surface area contributed by atoms with Crippen LogP contribution in [0.5, 0.6) is 0 Å². The molecule has 3 heterocycles. The summed E-state index contributed by atoms with van der Waals surface area (Å²) in [4.78, 5) is 16.0. The summed E-state index contributed by atoms with van der Waals surface area (Å²) in [5.74, 6) is 0.329. The van der Waals surface area contributed by atoms with Crippen LogP contribution in [0.25, 0.3) is 5.82 Å². The van der Waals surface area contributed by atoms with Crippen molar-refractivity contribution in [3.05, 3.63) is 75.7 Å². The molecule has 0 saturated heterocycles. The zero-order chi connectivity index (χ0) is 22.1. The highest BCUT2D eigenvalue weighted by Gasteiger charge is 2.27. The summed E-state index contributed by atoms with van der Waals surface area (Å²) >= 11 is 0. The minimum absolute atomic E-state index is 0.228. The number of fused-ring (bicyclic) bond motifs is 1. The molecular formula is C23H23N5O3. The number of nitrogens with zero attached hydrogens (tertiary/aromatic N) is 4. The van der Waals surface area contributed by atoms with E-state index in [-0.39, 0.29) is 18.6 Å². The minimum Gasteiger partial charge on any atom is -0.457 e. The molecule has 8 nitrogen and oxygen atoms in total. The fraction of sp³-hybridized carbons (Fsp3) is 0.304. The molecule has 1 aliphatic heterocycles. The van der Waals surface area contributed by atoms with Gasteiger partial charge in [-0.05, 0) is 49.6 Å². The van der Waals surface area contributed by atoms with Crippen molar-refractivity contribution in [1.29, 1.82) is 5.26 Å². The number of aryl methyl sites for hydroxylation is 1. The van der Waals surface area contributed by atoms with Gasteiger partial charge in [0.1, 0.15) is 12.7 Å². The molecule has 158 valence electrons. The standard InChI is InChI=1S/C23H23N5O3/c1-13-6-21(26-10-17(13)7-24)28-11-16(9-27-28)8-25-15(3)22(29)18-4-5-19-20(14(18)2)12-31-23(19)30/h4-6,9-11,15,22,25,29H,8,12H2,1-3H3. The van der Waals surface area contributed by atoms with Crippen molar-refractivity contribution in [2.24, 2.45) is 0 Å². The Labute approximate surface area is 180 Å². The van der Waals surface area contributed by atoms with Crippen molar-refractivity contribution in [2.45, 2.75) is 46.1 Å². The molecule has 2 N–H and O–H groups in total. The van der Waals surface area contributed by atoms with Crippen molar-refractivity contribution in [3.8, 4) is 11.9 Å². The predicted octanol–water partition coefficient (Wildman–Crippen LogP) is 2.64. The lowest BCUT2D eigenvalue weighted by Gasteiger charge is -2.22. The molecule has 0 amide bonds. The summed E-state index contributed by atoms with van der Waals surface area (Å²) in [7, 11) is 0. The maximum Gasteiger partial charge on any atom is 0.338 e. The first-order valence-corrected chi connectivity index (χ1v) is 10.0. The number of ether oxygens (including phenoxy) is 1. The van der Waals surface area contributed by atoms with E-state index >= 15 is 0 Å². The Kier molecular flexibility index (Phi) is 5.55. The molecule has 2 unspecified atom stereocenters. The molecule has 4 rings (SSSR count). The smallest absolute Gasteiger partial charge is 0.338 e. The topological polar surface area (TPSA) is 113 Å². The molecule has 0 bridgehead atoms. The first kappa shape index (κ1) is 20.7. The van der Waals surface area contributed by atoms with Crippen LogP contribution < -0.4 is 5.32 Å². The number of carbonyl (C=O) groups is 1. The predicted molar refractivity (Wildman–Crippen MR) is 112 cm³/mol. The molecule has 1 aromatic carbocycles. The van der Waals surface area contributed by atoms with Crippen molar-refractivity contribution < 1.29 is 14.6 Å². The van der Waals surface area contributed by atoms with Crippen molar-refractivity contribution in [3.63, 3.8) is 0 Å². The van der Waals surface area contributed by atoms with Crippen LogP contribution in [0.1, 0.15) is 56.8 Å². The van der Waals surface area contributed by atoms with Gasteiger partial charge in [0.15, 0.2) is 5.82 Å². The van der Waals surface area contributed by atoms with E-state index in [4.69, 9.17) is 10.00 Å². The highest BCUT2D eigenvalue weighted by molar-refractivity contribution is 5.93. The molecule has 0 fully saturated rings. The Balaban J connectivity index is 1.43. The van der Waals surface area contributed by atoms with Crippen molar-refractivity contribution in [1.82, 2.24) is 20.1 Å². The van der Waals surface area contributed by atoms with Gasteiger partial charge in [0.2, 0.25) is 0 Å². The van der Waals surface area contributed by atoms with Gasteiger partial charge in [-0.3, -0.25) is 0 Å². The van der Waals surface area contributed by atoms with E-state index in [1.54, 1.807) is 29.2 Å². The number of benzene rings is 1. The Morgan fingerprint density at radius 2 is 2.16 bits per heavy atom. The zero-order valence-electron chi connectivity index (χ0n) is 17.6. The normalized spacial score (nSPS) is 14.6. The molecule has 8 heteroatoms. The number of carbonyl (C=O) groups excluding carboxylic acids is 1. The van der Waals surface area contributed by atoms with Gasteiger partial charge in [0.05, 0.1) is 23.4 Å². The molecule has 0 radical (unpaired) electrons. The van der Waals surface area contributed by atoms with Crippen LogP contribution in [-0.4, -0.2) is 31.9 Å². The first-order valence-electron chi connectivity index (χ1n) is 10.0. The highest BCUT2D eigenvalue weighted by atomic mass is 16.5. The summed E-state index contributed by atoms with van der Waals surface area (Å²) in [5.41, 5.74) is 5.42. The average molecular weight is 417 g/mol. The second-order valence-electron chi connectivity index (χ2n) is 7.76. The van der Waals surface area contributed by atoms with E-state index in [1.165, 1.54) is 0 Å². The van der Waals surface area contributed by atoms with Crippen LogP contribution in [0.2, 0.25) is 0 Å². The molecule has 31 heavy (non-hydrogen) atoms. The van der Waals surface area contributed by atoms with Crippen LogP contribution in [0.4, 0.5) is 0 Å². The van der Waals surface area contributed by atoms with Gasteiger partial charge in [0, 0.05) is 36.1 Å². The van der Waals surface area contributed by atoms with Crippen LogP contribution in [0, 0.1) is 25.2 Å². The molecule has 2 aromatic heterocycles. The molecule has 2 atom stereocenters. The Bertz CT molecular complexity index is 1190. The second-order valence-corrected chi connectivity index (χ2v) is 7.76. The van der Waals surface area contributed by atoms with Crippen molar-refractivity contribution >= 4 is 5.97 Å². The number of aliphatic hydroxyl groups excluding tert-OH is 1. The summed E-state index contributed by atoms with van der Waals surface area (Å²) in [6, 6.07) is 7.21. The van der Waals surface area contributed by atoms with Crippen molar-refractivity contribution in [2.75, 3.05) is 0 Å². The van der Waals surface area contributed by atoms with Gasteiger partial charge < -0.3 is 15.2 Å². The van der Waals surface area contributed by atoms with Crippen LogP contribution >= 0.6 is 0 Å². The minimum atomic E-state index is -0.737. The highest BCUT2D eigenvalue weighted by Crippen LogP contribution is 2.30. The Hall–Kier alpha value is -3.54. The van der Waals surface area contributed by atoms with Gasteiger partial charge in [-0.1, -0.05) is 6.07 Å². The molecule has 1 aliphatic rings. The zero-order valence-corrected chi connectivity index (χ0v) is 17.6. The average Bonchev–Trinajstić information content (AvgIpc) is 3.39.